The van der Waals surface area contributed by atoms with Crippen molar-refractivity contribution in [2.75, 3.05) is 5.73 Å². The second-order valence-electron chi connectivity index (χ2n) is 3.60. The molecule has 0 bridgehead atoms. The van der Waals surface area contributed by atoms with Crippen LogP contribution in [0.3, 0.4) is 0 Å². The van der Waals surface area contributed by atoms with Crippen LogP contribution in [0.1, 0.15) is 0 Å². The summed E-state index contributed by atoms with van der Waals surface area (Å²) < 4.78 is 0. The fraction of sp³-hybridized carbons (Fsp3) is 0. The number of anilines is 1. The van der Waals surface area contributed by atoms with Gasteiger partial charge in [0.15, 0.2) is 0 Å². The Morgan fingerprint density at radius 1 is 1.12 bits per heavy atom. The Labute approximate surface area is 102 Å². The smallest absolute Gasteiger partial charge is 0.220 e. The molecule has 0 spiro atoms. The van der Waals surface area contributed by atoms with Crippen LogP contribution in [0.25, 0.3) is 22.6 Å². The molecule has 17 heavy (non-hydrogen) atoms. The first-order chi connectivity index (χ1) is 8.33. The highest BCUT2D eigenvalue weighted by molar-refractivity contribution is 7.08. The monoisotopic (exact) mass is 242 g/mol. The lowest BCUT2D eigenvalue weighted by atomic mass is 10.2. The minimum absolute atomic E-state index is 0.286. The van der Waals surface area contributed by atoms with Crippen molar-refractivity contribution in [3.8, 4) is 22.6 Å². The molecule has 0 amide bonds. The van der Waals surface area contributed by atoms with Crippen molar-refractivity contribution in [3.05, 3.63) is 41.2 Å². The van der Waals surface area contributed by atoms with Gasteiger partial charge in [0, 0.05) is 22.8 Å². The zero-order valence-electron chi connectivity index (χ0n) is 8.92. The summed E-state index contributed by atoms with van der Waals surface area (Å²) in [6.07, 6.45) is 1.66. The molecule has 4 nitrogen and oxygen atoms in total. The van der Waals surface area contributed by atoms with Crippen molar-refractivity contribution in [2.45, 2.75) is 0 Å². The van der Waals surface area contributed by atoms with E-state index >= 15 is 0 Å². The molecule has 3 aromatic rings. The summed E-state index contributed by atoms with van der Waals surface area (Å²) in [5.74, 6) is 0.286. The van der Waals surface area contributed by atoms with Gasteiger partial charge in [-0.25, -0.2) is 9.97 Å². The summed E-state index contributed by atoms with van der Waals surface area (Å²) in [5.41, 5.74) is 9.58. The van der Waals surface area contributed by atoms with E-state index in [4.69, 9.17) is 5.73 Å². The molecule has 0 atom stereocenters. The summed E-state index contributed by atoms with van der Waals surface area (Å²) >= 11 is 1.68. The number of rotatable bonds is 2. The number of hydrogen-bond donors (Lipinski definition) is 2. The lowest BCUT2D eigenvalue weighted by molar-refractivity contribution is 1.18. The van der Waals surface area contributed by atoms with Gasteiger partial charge in [-0.2, -0.15) is 11.3 Å². The number of nitrogens with two attached hydrogens (primary N) is 1. The third kappa shape index (κ3) is 1.92. The van der Waals surface area contributed by atoms with Gasteiger partial charge in [0.2, 0.25) is 5.95 Å². The third-order valence-electron chi connectivity index (χ3n) is 2.47. The molecule has 0 aliphatic rings. The lowest BCUT2D eigenvalue weighted by Gasteiger charge is -1.98. The van der Waals surface area contributed by atoms with Gasteiger partial charge in [-0.3, -0.25) is 0 Å². The Morgan fingerprint density at radius 3 is 2.76 bits per heavy atom. The minimum Gasteiger partial charge on any atom is -0.368 e. The topological polar surface area (TPSA) is 67.6 Å². The van der Waals surface area contributed by atoms with Gasteiger partial charge in [-0.1, -0.05) is 0 Å². The second kappa shape index (κ2) is 4.03. The quantitative estimate of drug-likeness (QED) is 0.726. The van der Waals surface area contributed by atoms with E-state index in [1.54, 1.807) is 17.5 Å². The van der Waals surface area contributed by atoms with Crippen molar-refractivity contribution in [2.24, 2.45) is 0 Å². The van der Waals surface area contributed by atoms with Gasteiger partial charge >= 0.3 is 0 Å². The molecular weight excluding hydrogens is 232 g/mol. The molecular formula is C12H10N4S. The van der Waals surface area contributed by atoms with E-state index in [0.29, 0.717) is 0 Å². The molecule has 0 unspecified atom stereocenters. The van der Waals surface area contributed by atoms with Crippen LogP contribution in [0.2, 0.25) is 0 Å². The fourth-order valence-electron chi connectivity index (χ4n) is 1.65. The maximum absolute atomic E-state index is 5.56. The first-order valence-corrected chi connectivity index (χ1v) is 6.08. The zero-order chi connectivity index (χ0) is 11.7. The van der Waals surface area contributed by atoms with Crippen molar-refractivity contribution in [1.29, 1.82) is 0 Å². The zero-order valence-corrected chi connectivity index (χ0v) is 9.74. The summed E-state index contributed by atoms with van der Waals surface area (Å²) in [7, 11) is 0. The highest BCUT2D eigenvalue weighted by Gasteiger charge is 2.05. The van der Waals surface area contributed by atoms with Crippen LogP contribution in [0.5, 0.6) is 0 Å². The third-order valence-corrected chi connectivity index (χ3v) is 3.15. The van der Waals surface area contributed by atoms with Crippen LogP contribution in [0.15, 0.2) is 41.2 Å². The molecule has 0 aromatic carbocycles. The fourth-order valence-corrected chi connectivity index (χ4v) is 2.31. The number of aromatic nitrogens is 3. The van der Waals surface area contributed by atoms with Crippen molar-refractivity contribution >= 4 is 17.3 Å². The second-order valence-corrected chi connectivity index (χ2v) is 4.38. The van der Waals surface area contributed by atoms with Gasteiger partial charge in [-0.15, -0.1) is 0 Å². The van der Waals surface area contributed by atoms with Gasteiger partial charge in [0.1, 0.15) is 0 Å². The van der Waals surface area contributed by atoms with Gasteiger partial charge in [0.25, 0.3) is 0 Å². The van der Waals surface area contributed by atoms with Crippen LogP contribution < -0.4 is 5.73 Å². The van der Waals surface area contributed by atoms with Gasteiger partial charge in [0.05, 0.1) is 11.4 Å². The molecule has 3 rings (SSSR count). The SMILES string of the molecule is Nc1nccc(-c2ccc(-c3ccsc3)[nH]2)n1. The number of nitrogen functional groups attached to an aromatic ring is 1. The van der Waals surface area contributed by atoms with E-state index in [9.17, 15) is 0 Å². The average Bonchev–Trinajstić information content (AvgIpc) is 3.00. The molecule has 0 aliphatic heterocycles. The van der Waals surface area contributed by atoms with E-state index in [2.05, 4.69) is 31.8 Å². The summed E-state index contributed by atoms with van der Waals surface area (Å²) in [4.78, 5) is 11.4. The Kier molecular flexibility index (Phi) is 2.38. The number of H-pyrrole nitrogens is 1. The number of hydrogen-bond acceptors (Lipinski definition) is 4. The highest BCUT2D eigenvalue weighted by Crippen LogP contribution is 2.24. The van der Waals surface area contributed by atoms with Crippen molar-refractivity contribution in [3.63, 3.8) is 0 Å². The molecule has 0 aliphatic carbocycles. The molecule has 0 saturated carbocycles. The van der Waals surface area contributed by atoms with Crippen LogP contribution >= 0.6 is 11.3 Å². The number of thiophene rings is 1. The largest absolute Gasteiger partial charge is 0.368 e. The van der Waals surface area contributed by atoms with E-state index in [1.165, 1.54) is 5.56 Å². The molecule has 0 saturated heterocycles. The summed E-state index contributed by atoms with van der Waals surface area (Å²) in [5, 5.41) is 4.16. The van der Waals surface area contributed by atoms with Crippen molar-refractivity contribution in [1.82, 2.24) is 15.0 Å². The standard InChI is InChI=1S/C12H10N4S/c13-12-14-5-3-11(16-12)10-2-1-9(15-10)8-4-6-17-7-8/h1-7,15H,(H2,13,14,16). The molecule has 5 heteroatoms. The van der Waals surface area contributed by atoms with E-state index in [0.717, 1.165) is 17.1 Å². The first kappa shape index (κ1) is 10.0. The Hall–Kier alpha value is -2.14. The van der Waals surface area contributed by atoms with Gasteiger partial charge in [-0.05, 0) is 29.6 Å². The minimum atomic E-state index is 0.286. The molecule has 3 N–H and O–H groups in total. The maximum atomic E-state index is 5.56. The van der Waals surface area contributed by atoms with Crippen molar-refractivity contribution < 1.29 is 0 Å². The summed E-state index contributed by atoms with van der Waals surface area (Å²) in [6.45, 7) is 0. The normalized spacial score (nSPS) is 10.6. The molecule has 0 radical (unpaired) electrons. The molecule has 84 valence electrons. The highest BCUT2D eigenvalue weighted by atomic mass is 32.1. The maximum Gasteiger partial charge on any atom is 0.220 e. The van der Waals surface area contributed by atoms with E-state index in [-0.39, 0.29) is 5.95 Å². The first-order valence-electron chi connectivity index (χ1n) is 5.13. The lowest BCUT2D eigenvalue weighted by Crippen LogP contribution is -1.95. The molecule has 3 heterocycles. The number of nitrogens with zero attached hydrogens (tertiary/aromatic N) is 2. The predicted octanol–water partition coefficient (Wildman–Crippen LogP) is 2.78. The predicted molar refractivity (Wildman–Crippen MR) is 69.5 cm³/mol. The van der Waals surface area contributed by atoms with E-state index < -0.39 is 0 Å². The van der Waals surface area contributed by atoms with Crippen LogP contribution in [-0.4, -0.2) is 15.0 Å². The Bertz CT molecular complexity index is 628. The van der Waals surface area contributed by atoms with E-state index in [1.807, 2.05) is 18.2 Å². The molecule has 0 fully saturated rings. The van der Waals surface area contributed by atoms with Gasteiger partial charge < -0.3 is 10.7 Å². The Balaban J connectivity index is 2.01. The number of aromatic amines is 1. The van der Waals surface area contributed by atoms with Crippen LogP contribution in [0, 0.1) is 0 Å². The average molecular weight is 242 g/mol. The molecule has 3 aromatic heterocycles. The van der Waals surface area contributed by atoms with Crippen LogP contribution in [0.4, 0.5) is 5.95 Å². The van der Waals surface area contributed by atoms with Crippen LogP contribution in [-0.2, 0) is 0 Å². The summed E-state index contributed by atoms with van der Waals surface area (Å²) in [6, 6.07) is 7.94. The Morgan fingerprint density at radius 2 is 2.00 bits per heavy atom. The number of nitrogens with one attached hydrogen (secondary N) is 1.